The first-order valence-electron chi connectivity index (χ1n) is 6.54. The molecule has 4 heteroatoms. The van der Waals surface area contributed by atoms with Gasteiger partial charge < -0.3 is 9.88 Å². The minimum atomic E-state index is 0.384. The summed E-state index contributed by atoms with van der Waals surface area (Å²) in [4.78, 5) is 4.51. The van der Waals surface area contributed by atoms with Crippen LogP contribution in [0.25, 0.3) is 0 Å². The van der Waals surface area contributed by atoms with Crippen molar-refractivity contribution in [2.75, 3.05) is 12.3 Å². The Labute approximate surface area is 109 Å². The minimum Gasteiger partial charge on any atom is -0.337 e. The van der Waals surface area contributed by atoms with Gasteiger partial charge in [-0.15, -0.1) is 0 Å². The first-order valence-corrected chi connectivity index (χ1v) is 7.58. The van der Waals surface area contributed by atoms with Crippen LogP contribution in [0.1, 0.15) is 45.9 Å². The summed E-state index contributed by atoms with van der Waals surface area (Å²) < 4.78 is 2.13. The first kappa shape index (κ1) is 14.6. The van der Waals surface area contributed by atoms with Crippen LogP contribution in [0.2, 0.25) is 0 Å². The molecule has 1 rings (SSSR count). The number of nitrogens with zero attached hydrogens (tertiary/aromatic N) is 2. The highest BCUT2D eigenvalue weighted by molar-refractivity contribution is 7.99. The molecule has 3 nitrogen and oxygen atoms in total. The molecular formula is C13H25N3S. The third kappa shape index (κ3) is 5.13. The van der Waals surface area contributed by atoms with Gasteiger partial charge in [-0.2, -0.15) is 11.8 Å². The quantitative estimate of drug-likeness (QED) is 0.774. The van der Waals surface area contributed by atoms with E-state index in [1.165, 1.54) is 5.69 Å². The lowest BCUT2D eigenvalue weighted by molar-refractivity contribution is 0.566. The molecule has 0 aromatic carbocycles. The number of thioether (sulfide) groups is 1. The molecule has 0 radical (unpaired) electrons. The summed E-state index contributed by atoms with van der Waals surface area (Å²) >= 11 is 1.99. The maximum atomic E-state index is 4.51. The van der Waals surface area contributed by atoms with Gasteiger partial charge in [-0.05, 0) is 25.1 Å². The van der Waals surface area contributed by atoms with E-state index in [1.54, 1.807) is 0 Å². The zero-order chi connectivity index (χ0) is 12.7. The van der Waals surface area contributed by atoms with Crippen LogP contribution in [0.4, 0.5) is 0 Å². The molecule has 1 aromatic rings. The molecule has 1 N–H and O–H groups in total. The third-order valence-electron chi connectivity index (χ3n) is 2.61. The van der Waals surface area contributed by atoms with Gasteiger partial charge >= 0.3 is 0 Å². The molecule has 0 saturated carbocycles. The van der Waals surface area contributed by atoms with Crippen molar-refractivity contribution in [1.29, 1.82) is 0 Å². The second-order valence-corrected chi connectivity index (χ2v) is 6.13. The first-order chi connectivity index (χ1) is 8.17. The molecule has 1 heterocycles. The van der Waals surface area contributed by atoms with Crippen LogP contribution in [0.3, 0.4) is 0 Å². The lowest BCUT2D eigenvalue weighted by Crippen LogP contribution is -2.25. The second kappa shape index (κ2) is 7.77. The lowest BCUT2D eigenvalue weighted by atomic mass is 10.2. The van der Waals surface area contributed by atoms with Crippen molar-refractivity contribution < 1.29 is 0 Å². The molecule has 0 aliphatic carbocycles. The average Bonchev–Trinajstić information content (AvgIpc) is 2.77. The molecule has 98 valence electrons. The van der Waals surface area contributed by atoms with Crippen molar-refractivity contribution in [2.45, 2.75) is 52.0 Å². The number of aromatic nitrogens is 2. The fraction of sp³-hybridized carbons (Fsp3) is 0.769. The summed E-state index contributed by atoms with van der Waals surface area (Å²) in [6.07, 6.45) is 5.25. The average molecular weight is 255 g/mol. The normalized spacial score (nSPS) is 13.2. The van der Waals surface area contributed by atoms with Gasteiger partial charge in [0.25, 0.3) is 0 Å². The van der Waals surface area contributed by atoms with Gasteiger partial charge in [0, 0.05) is 18.5 Å². The summed E-state index contributed by atoms with van der Waals surface area (Å²) in [6.45, 7) is 10.9. The highest BCUT2D eigenvalue weighted by Gasteiger charge is 2.14. The molecule has 0 aliphatic rings. The maximum Gasteiger partial charge on any atom is 0.0950 e. The Morgan fingerprint density at radius 1 is 1.41 bits per heavy atom. The molecule has 17 heavy (non-hydrogen) atoms. The van der Waals surface area contributed by atoms with Crippen LogP contribution < -0.4 is 5.32 Å². The molecule has 0 amide bonds. The predicted molar refractivity (Wildman–Crippen MR) is 76.5 cm³/mol. The topological polar surface area (TPSA) is 29.9 Å². The van der Waals surface area contributed by atoms with Crippen LogP contribution in [0.5, 0.6) is 0 Å². The van der Waals surface area contributed by atoms with Gasteiger partial charge in [0.2, 0.25) is 0 Å². The fourth-order valence-corrected chi connectivity index (χ4v) is 2.45. The minimum absolute atomic E-state index is 0.384. The molecule has 1 aromatic heterocycles. The Morgan fingerprint density at radius 3 is 2.71 bits per heavy atom. The van der Waals surface area contributed by atoms with E-state index in [0.717, 1.165) is 25.3 Å². The SMILES string of the molecule is CCCNC(CSC(C)C)c1cn(CC)cn1. The van der Waals surface area contributed by atoms with Gasteiger partial charge in [0.05, 0.1) is 18.1 Å². The van der Waals surface area contributed by atoms with Crippen LogP contribution in [0.15, 0.2) is 12.5 Å². The summed E-state index contributed by atoms with van der Waals surface area (Å²) in [6, 6.07) is 0.384. The highest BCUT2D eigenvalue weighted by atomic mass is 32.2. The highest BCUT2D eigenvalue weighted by Crippen LogP contribution is 2.20. The van der Waals surface area contributed by atoms with Gasteiger partial charge in [0.1, 0.15) is 0 Å². The van der Waals surface area contributed by atoms with E-state index in [0.29, 0.717) is 11.3 Å². The van der Waals surface area contributed by atoms with Crippen LogP contribution in [-0.2, 0) is 6.54 Å². The Balaban J connectivity index is 2.60. The summed E-state index contributed by atoms with van der Waals surface area (Å²) in [7, 11) is 0. The molecule has 1 unspecified atom stereocenters. The predicted octanol–water partition coefficient (Wildman–Crippen LogP) is 3.09. The monoisotopic (exact) mass is 255 g/mol. The fourth-order valence-electron chi connectivity index (χ4n) is 1.59. The Kier molecular flexibility index (Phi) is 6.66. The number of imidazole rings is 1. The lowest BCUT2D eigenvalue weighted by Gasteiger charge is -2.17. The van der Waals surface area contributed by atoms with Crippen molar-refractivity contribution >= 4 is 11.8 Å². The largest absolute Gasteiger partial charge is 0.337 e. The van der Waals surface area contributed by atoms with Crippen molar-refractivity contribution in [3.63, 3.8) is 0 Å². The van der Waals surface area contributed by atoms with Crippen molar-refractivity contribution in [3.8, 4) is 0 Å². The Morgan fingerprint density at radius 2 is 2.18 bits per heavy atom. The molecule has 1 atom stereocenters. The second-order valence-electron chi connectivity index (χ2n) is 4.52. The molecule has 0 bridgehead atoms. The van der Waals surface area contributed by atoms with E-state index in [4.69, 9.17) is 0 Å². The van der Waals surface area contributed by atoms with Crippen LogP contribution in [-0.4, -0.2) is 27.1 Å². The molecule has 0 fully saturated rings. The third-order valence-corrected chi connectivity index (χ3v) is 3.80. The number of aryl methyl sites for hydroxylation is 1. The van der Waals surface area contributed by atoms with Crippen molar-refractivity contribution in [1.82, 2.24) is 14.9 Å². The number of hydrogen-bond acceptors (Lipinski definition) is 3. The van der Waals surface area contributed by atoms with E-state index >= 15 is 0 Å². The van der Waals surface area contributed by atoms with Gasteiger partial charge in [0.15, 0.2) is 0 Å². The van der Waals surface area contributed by atoms with E-state index < -0.39 is 0 Å². The summed E-state index contributed by atoms with van der Waals surface area (Å²) in [5.41, 5.74) is 1.17. The zero-order valence-corrected chi connectivity index (χ0v) is 12.3. The summed E-state index contributed by atoms with van der Waals surface area (Å²) in [5.74, 6) is 1.10. The smallest absolute Gasteiger partial charge is 0.0950 e. The standard InChI is InChI=1S/C13H25N3S/c1-5-7-14-13(9-17-11(3)4)12-8-16(6-2)10-15-12/h8,10-11,13-14H,5-7,9H2,1-4H3. The maximum absolute atomic E-state index is 4.51. The van der Waals surface area contributed by atoms with Crippen LogP contribution in [0, 0.1) is 0 Å². The number of nitrogens with one attached hydrogen (secondary N) is 1. The number of rotatable bonds is 8. The van der Waals surface area contributed by atoms with E-state index in [9.17, 15) is 0 Å². The van der Waals surface area contributed by atoms with E-state index in [1.807, 2.05) is 18.1 Å². The molecule has 0 spiro atoms. The van der Waals surface area contributed by atoms with Crippen LogP contribution >= 0.6 is 11.8 Å². The van der Waals surface area contributed by atoms with Gasteiger partial charge in [-0.3, -0.25) is 0 Å². The van der Waals surface area contributed by atoms with E-state index in [2.05, 4.69) is 48.8 Å². The zero-order valence-electron chi connectivity index (χ0n) is 11.4. The van der Waals surface area contributed by atoms with E-state index in [-0.39, 0.29) is 0 Å². The molecule has 0 aliphatic heterocycles. The summed E-state index contributed by atoms with van der Waals surface area (Å²) in [5, 5.41) is 4.26. The Hall–Kier alpha value is -0.480. The van der Waals surface area contributed by atoms with Gasteiger partial charge in [-0.25, -0.2) is 4.98 Å². The Bertz CT molecular complexity index is 309. The van der Waals surface area contributed by atoms with Gasteiger partial charge in [-0.1, -0.05) is 20.8 Å². The molecule has 0 saturated heterocycles. The van der Waals surface area contributed by atoms with Crippen molar-refractivity contribution in [2.24, 2.45) is 0 Å². The van der Waals surface area contributed by atoms with Crippen molar-refractivity contribution in [3.05, 3.63) is 18.2 Å². The molecular weight excluding hydrogens is 230 g/mol. The number of hydrogen-bond donors (Lipinski definition) is 1.